The highest BCUT2D eigenvalue weighted by molar-refractivity contribution is 7.17. The molecule has 0 spiro atoms. The standard InChI is InChI=1S/C30H33N3O5S/c1-3-17-38-23-11-9-21(10-12-23)25-24(27(35)30(36)33(25)14-13-32-15-18-37-19-16-32)26(34)28-20(2)31-29(39-28)22-7-5-4-6-8-22/h4-12,25,35H,3,13-19H2,1-2H3. The lowest BCUT2D eigenvalue weighted by Crippen LogP contribution is -2.43. The van der Waals surface area contributed by atoms with Crippen molar-refractivity contribution in [3.63, 3.8) is 0 Å². The molecule has 1 unspecified atom stereocenters. The van der Waals surface area contributed by atoms with Gasteiger partial charge in [-0.25, -0.2) is 4.98 Å². The summed E-state index contributed by atoms with van der Waals surface area (Å²) in [6.45, 7) is 8.29. The van der Waals surface area contributed by atoms with Gasteiger partial charge in [0.05, 0.1) is 42.0 Å². The molecule has 5 rings (SSSR count). The van der Waals surface area contributed by atoms with Gasteiger partial charge < -0.3 is 19.5 Å². The lowest BCUT2D eigenvalue weighted by molar-refractivity contribution is -0.129. The number of nitrogens with zero attached hydrogens (tertiary/aromatic N) is 3. The van der Waals surface area contributed by atoms with Gasteiger partial charge in [0.15, 0.2) is 5.76 Å². The molecule has 3 aromatic rings. The molecule has 39 heavy (non-hydrogen) atoms. The van der Waals surface area contributed by atoms with Crippen LogP contribution >= 0.6 is 11.3 Å². The van der Waals surface area contributed by atoms with Crippen LogP contribution in [0.25, 0.3) is 10.6 Å². The number of amides is 1. The third-order valence-corrected chi connectivity index (χ3v) is 8.21. The maximum atomic E-state index is 14.0. The van der Waals surface area contributed by atoms with E-state index in [2.05, 4.69) is 9.88 Å². The van der Waals surface area contributed by atoms with Crippen LogP contribution in [-0.4, -0.2) is 77.6 Å². The van der Waals surface area contributed by atoms with E-state index in [1.807, 2.05) is 61.5 Å². The molecule has 1 aromatic heterocycles. The molecule has 0 radical (unpaired) electrons. The number of thiazole rings is 1. The Labute approximate surface area is 232 Å². The SMILES string of the molecule is CCCOc1ccc(C2C(C(=O)c3sc(-c4ccccc4)nc3C)=C(O)C(=O)N2CCN2CCOCC2)cc1. The minimum atomic E-state index is -0.715. The van der Waals surface area contributed by atoms with E-state index in [9.17, 15) is 14.7 Å². The molecule has 204 valence electrons. The average Bonchev–Trinajstić information content (AvgIpc) is 3.48. The maximum Gasteiger partial charge on any atom is 0.290 e. The molecule has 1 amide bonds. The number of rotatable bonds is 10. The zero-order valence-electron chi connectivity index (χ0n) is 22.3. The largest absolute Gasteiger partial charge is 0.503 e. The van der Waals surface area contributed by atoms with Crippen molar-refractivity contribution in [2.24, 2.45) is 0 Å². The summed E-state index contributed by atoms with van der Waals surface area (Å²) in [5, 5.41) is 11.8. The molecule has 1 saturated heterocycles. The molecule has 0 saturated carbocycles. The normalized spacial score (nSPS) is 18.2. The molecule has 2 aliphatic rings. The number of aromatic nitrogens is 1. The van der Waals surface area contributed by atoms with Crippen LogP contribution in [0.4, 0.5) is 0 Å². The molecule has 8 nitrogen and oxygen atoms in total. The van der Waals surface area contributed by atoms with E-state index < -0.39 is 17.7 Å². The number of hydrogen-bond donors (Lipinski definition) is 1. The molecular weight excluding hydrogens is 514 g/mol. The molecule has 0 bridgehead atoms. The highest BCUT2D eigenvalue weighted by atomic mass is 32.1. The third-order valence-electron chi connectivity index (χ3n) is 7.00. The zero-order chi connectivity index (χ0) is 27.4. The number of ketones is 1. The van der Waals surface area contributed by atoms with Crippen LogP contribution in [0, 0.1) is 6.92 Å². The summed E-state index contributed by atoms with van der Waals surface area (Å²) in [4.78, 5) is 36.3. The zero-order valence-corrected chi connectivity index (χ0v) is 23.1. The van der Waals surface area contributed by atoms with Crippen LogP contribution in [0.5, 0.6) is 5.75 Å². The van der Waals surface area contributed by atoms with Crippen LogP contribution < -0.4 is 4.74 Å². The predicted octanol–water partition coefficient (Wildman–Crippen LogP) is 4.82. The number of Topliss-reactive ketones (excluding diaryl/α,β-unsaturated/α-hetero) is 1. The molecule has 3 heterocycles. The second kappa shape index (κ2) is 12.1. The fourth-order valence-corrected chi connectivity index (χ4v) is 5.96. The molecule has 1 N–H and O–H groups in total. The van der Waals surface area contributed by atoms with Gasteiger partial charge in [0.2, 0.25) is 5.78 Å². The van der Waals surface area contributed by atoms with Crippen molar-refractivity contribution >= 4 is 23.0 Å². The Hall–Kier alpha value is -3.53. The van der Waals surface area contributed by atoms with Gasteiger partial charge in [-0.05, 0) is 31.0 Å². The number of benzene rings is 2. The van der Waals surface area contributed by atoms with Crippen LogP contribution in [-0.2, 0) is 9.53 Å². The quantitative estimate of drug-likeness (QED) is 0.364. The van der Waals surface area contributed by atoms with E-state index in [0.29, 0.717) is 43.5 Å². The highest BCUT2D eigenvalue weighted by Crippen LogP contribution is 2.41. The van der Waals surface area contributed by atoms with Crippen LogP contribution in [0.1, 0.15) is 40.3 Å². The Balaban J connectivity index is 1.48. The lowest BCUT2D eigenvalue weighted by atomic mass is 9.95. The van der Waals surface area contributed by atoms with E-state index in [1.165, 1.54) is 11.3 Å². The van der Waals surface area contributed by atoms with E-state index >= 15 is 0 Å². The first-order chi connectivity index (χ1) is 19.0. The van der Waals surface area contributed by atoms with Gasteiger partial charge in [0, 0.05) is 31.7 Å². The summed E-state index contributed by atoms with van der Waals surface area (Å²) in [7, 11) is 0. The highest BCUT2D eigenvalue weighted by Gasteiger charge is 2.44. The first kappa shape index (κ1) is 27.1. The molecule has 0 aliphatic carbocycles. The van der Waals surface area contributed by atoms with Crippen LogP contribution in [0.3, 0.4) is 0 Å². The van der Waals surface area contributed by atoms with Gasteiger partial charge in [0.1, 0.15) is 10.8 Å². The van der Waals surface area contributed by atoms with E-state index in [1.54, 1.807) is 11.8 Å². The second-order valence-corrected chi connectivity index (χ2v) is 10.7. The van der Waals surface area contributed by atoms with Crippen molar-refractivity contribution in [2.45, 2.75) is 26.3 Å². The van der Waals surface area contributed by atoms with Crippen LogP contribution in [0.2, 0.25) is 0 Å². The monoisotopic (exact) mass is 547 g/mol. The van der Waals surface area contributed by atoms with Gasteiger partial charge in [-0.3, -0.25) is 14.5 Å². The van der Waals surface area contributed by atoms with Crippen molar-refractivity contribution in [1.82, 2.24) is 14.8 Å². The number of hydrogen-bond acceptors (Lipinski definition) is 8. The summed E-state index contributed by atoms with van der Waals surface area (Å²) < 4.78 is 11.2. The van der Waals surface area contributed by atoms with E-state index in [-0.39, 0.29) is 11.4 Å². The smallest absolute Gasteiger partial charge is 0.290 e. The number of aliphatic hydroxyl groups is 1. The number of morpholine rings is 1. The Bertz CT molecular complexity index is 1350. The third kappa shape index (κ3) is 5.75. The van der Waals surface area contributed by atoms with Crippen molar-refractivity contribution < 1.29 is 24.2 Å². The summed E-state index contributed by atoms with van der Waals surface area (Å²) in [6.07, 6.45) is 0.891. The Kier molecular flexibility index (Phi) is 8.40. The predicted molar refractivity (Wildman–Crippen MR) is 150 cm³/mol. The number of carbonyl (C=O) groups excluding carboxylic acids is 2. The first-order valence-corrected chi connectivity index (χ1v) is 14.1. The molecule has 9 heteroatoms. The molecule has 1 atom stereocenters. The topological polar surface area (TPSA) is 92.2 Å². The molecule has 2 aromatic carbocycles. The second-order valence-electron chi connectivity index (χ2n) is 9.66. The minimum absolute atomic E-state index is 0.0931. The van der Waals surface area contributed by atoms with Crippen LogP contribution in [0.15, 0.2) is 65.9 Å². The average molecular weight is 548 g/mol. The maximum absolute atomic E-state index is 14.0. The summed E-state index contributed by atoms with van der Waals surface area (Å²) in [6, 6.07) is 16.4. The fourth-order valence-electron chi connectivity index (χ4n) is 4.94. The number of ether oxygens (including phenoxy) is 2. The number of aliphatic hydroxyl groups excluding tert-OH is 1. The Morgan fingerprint density at radius 2 is 1.82 bits per heavy atom. The first-order valence-electron chi connectivity index (χ1n) is 13.3. The van der Waals surface area contributed by atoms with E-state index in [0.717, 1.165) is 41.4 Å². The van der Waals surface area contributed by atoms with Crippen molar-refractivity contribution in [3.05, 3.63) is 82.1 Å². The summed E-state index contributed by atoms with van der Waals surface area (Å²) in [5.74, 6) is -0.680. The Morgan fingerprint density at radius 1 is 1.10 bits per heavy atom. The summed E-state index contributed by atoms with van der Waals surface area (Å²) in [5.41, 5.74) is 2.32. The van der Waals surface area contributed by atoms with Gasteiger partial charge in [0.25, 0.3) is 5.91 Å². The molecule has 1 fully saturated rings. The van der Waals surface area contributed by atoms with E-state index in [4.69, 9.17) is 9.47 Å². The van der Waals surface area contributed by atoms with Gasteiger partial charge in [-0.2, -0.15) is 0 Å². The van der Waals surface area contributed by atoms with Crippen molar-refractivity contribution in [3.8, 4) is 16.3 Å². The van der Waals surface area contributed by atoms with Gasteiger partial charge in [-0.1, -0.05) is 49.4 Å². The molecule has 2 aliphatic heterocycles. The number of carbonyl (C=O) groups is 2. The molecular formula is C30H33N3O5S. The van der Waals surface area contributed by atoms with Crippen molar-refractivity contribution in [1.29, 1.82) is 0 Å². The van der Waals surface area contributed by atoms with Gasteiger partial charge >= 0.3 is 0 Å². The van der Waals surface area contributed by atoms with Crippen molar-refractivity contribution in [2.75, 3.05) is 46.0 Å². The van der Waals surface area contributed by atoms with Gasteiger partial charge in [-0.15, -0.1) is 11.3 Å². The number of aryl methyl sites for hydroxylation is 1. The minimum Gasteiger partial charge on any atom is -0.503 e. The summed E-state index contributed by atoms with van der Waals surface area (Å²) >= 11 is 1.28. The fraction of sp³-hybridized carbons (Fsp3) is 0.367. The lowest BCUT2D eigenvalue weighted by Gasteiger charge is -2.31. The Morgan fingerprint density at radius 3 is 2.51 bits per heavy atom.